The first kappa shape index (κ1) is 19.4. The number of esters is 1. The standard InChI is InChI=1S/C23H16ClN3O3/c24-21-5-2-1-4-20(21)22(28)26-17-8-12-19(13-9-17)30-23(29)16-6-10-18(11-7-16)27-15-3-14-25-27/h1-15H,(H,26,28). The van der Waals surface area contributed by atoms with Crippen molar-refractivity contribution >= 4 is 29.2 Å². The lowest BCUT2D eigenvalue weighted by molar-refractivity contribution is 0.0734. The largest absolute Gasteiger partial charge is 0.423 e. The average molecular weight is 418 g/mol. The monoisotopic (exact) mass is 417 g/mol. The van der Waals surface area contributed by atoms with Crippen LogP contribution in [0.2, 0.25) is 5.02 Å². The molecule has 0 fully saturated rings. The Kier molecular flexibility index (Phi) is 5.59. The first-order valence-electron chi connectivity index (χ1n) is 9.08. The summed E-state index contributed by atoms with van der Waals surface area (Å²) in [6.07, 6.45) is 3.50. The Morgan fingerprint density at radius 1 is 0.900 bits per heavy atom. The van der Waals surface area contributed by atoms with Gasteiger partial charge in [-0.1, -0.05) is 23.7 Å². The second-order valence-electron chi connectivity index (χ2n) is 6.35. The van der Waals surface area contributed by atoms with Gasteiger partial charge in [-0.2, -0.15) is 5.10 Å². The lowest BCUT2D eigenvalue weighted by atomic mass is 10.2. The van der Waals surface area contributed by atoms with Gasteiger partial charge in [0.05, 0.1) is 21.8 Å². The maximum atomic E-state index is 12.4. The highest BCUT2D eigenvalue weighted by molar-refractivity contribution is 6.34. The van der Waals surface area contributed by atoms with Gasteiger partial charge in [0.2, 0.25) is 0 Å². The van der Waals surface area contributed by atoms with Crippen LogP contribution >= 0.6 is 11.6 Å². The lowest BCUT2D eigenvalue weighted by Crippen LogP contribution is -2.12. The number of amides is 1. The number of rotatable bonds is 5. The Labute approximate surface area is 177 Å². The van der Waals surface area contributed by atoms with Gasteiger partial charge >= 0.3 is 5.97 Å². The summed E-state index contributed by atoms with van der Waals surface area (Å²) in [4.78, 5) is 24.7. The van der Waals surface area contributed by atoms with E-state index < -0.39 is 5.97 Å². The molecule has 1 aromatic heterocycles. The van der Waals surface area contributed by atoms with Crippen molar-refractivity contribution in [2.24, 2.45) is 0 Å². The van der Waals surface area contributed by atoms with Crippen molar-refractivity contribution in [3.8, 4) is 11.4 Å². The molecule has 4 aromatic rings. The fourth-order valence-electron chi connectivity index (χ4n) is 2.79. The number of nitrogens with one attached hydrogen (secondary N) is 1. The van der Waals surface area contributed by atoms with E-state index in [9.17, 15) is 9.59 Å². The number of nitrogens with zero attached hydrogens (tertiary/aromatic N) is 2. The number of ether oxygens (including phenoxy) is 1. The van der Waals surface area contributed by atoms with Gasteiger partial charge in [-0.25, -0.2) is 9.48 Å². The van der Waals surface area contributed by atoms with E-state index in [0.717, 1.165) is 5.69 Å². The normalized spacial score (nSPS) is 10.4. The summed E-state index contributed by atoms with van der Waals surface area (Å²) >= 11 is 6.04. The molecule has 0 bridgehead atoms. The van der Waals surface area contributed by atoms with E-state index in [1.807, 2.05) is 12.3 Å². The minimum Gasteiger partial charge on any atom is -0.423 e. The molecule has 7 heteroatoms. The highest BCUT2D eigenvalue weighted by Crippen LogP contribution is 2.20. The van der Waals surface area contributed by atoms with Crippen LogP contribution in [0, 0.1) is 0 Å². The Morgan fingerprint density at radius 3 is 2.30 bits per heavy atom. The third-order valence-electron chi connectivity index (χ3n) is 4.31. The zero-order chi connectivity index (χ0) is 20.9. The van der Waals surface area contributed by atoms with Gasteiger partial charge in [0.15, 0.2) is 0 Å². The molecule has 0 saturated carbocycles. The van der Waals surface area contributed by atoms with Gasteiger partial charge in [-0.3, -0.25) is 4.79 Å². The average Bonchev–Trinajstić information content (AvgIpc) is 3.30. The van der Waals surface area contributed by atoms with Crippen LogP contribution in [-0.4, -0.2) is 21.7 Å². The smallest absolute Gasteiger partial charge is 0.343 e. The van der Waals surface area contributed by atoms with Crippen LogP contribution < -0.4 is 10.1 Å². The molecule has 30 heavy (non-hydrogen) atoms. The lowest BCUT2D eigenvalue weighted by Gasteiger charge is -2.09. The quantitative estimate of drug-likeness (QED) is 0.366. The summed E-state index contributed by atoms with van der Waals surface area (Å²) in [7, 11) is 0. The van der Waals surface area contributed by atoms with Gasteiger partial charge in [-0.15, -0.1) is 0 Å². The van der Waals surface area contributed by atoms with Crippen LogP contribution in [0.5, 0.6) is 5.75 Å². The number of carbonyl (C=O) groups is 2. The Bertz CT molecular complexity index is 1170. The molecule has 0 radical (unpaired) electrons. The van der Waals surface area contributed by atoms with Gasteiger partial charge in [-0.05, 0) is 66.7 Å². The second-order valence-corrected chi connectivity index (χ2v) is 6.75. The van der Waals surface area contributed by atoms with E-state index in [-0.39, 0.29) is 5.91 Å². The third kappa shape index (κ3) is 4.39. The molecule has 1 N–H and O–H groups in total. The van der Waals surface area contributed by atoms with E-state index in [0.29, 0.717) is 27.6 Å². The van der Waals surface area contributed by atoms with Crippen molar-refractivity contribution in [3.63, 3.8) is 0 Å². The summed E-state index contributed by atoms with van der Waals surface area (Å²) in [5, 5.41) is 7.28. The number of anilines is 1. The Balaban J connectivity index is 1.39. The van der Waals surface area contributed by atoms with Crippen LogP contribution in [0.25, 0.3) is 5.69 Å². The predicted octanol–water partition coefficient (Wildman–Crippen LogP) is 5.00. The molecule has 3 aromatic carbocycles. The van der Waals surface area contributed by atoms with E-state index in [1.54, 1.807) is 83.7 Å². The molecule has 0 spiro atoms. The molecule has 0 saturated heterocycles. The first-order valence-corrected chi connectivity index (χ1v) is 9.46. The molecule has 0 aliphatic carbocycles. The molecule has 0 aliphatic rings. The number of halogens is 1. The summed E-state index contributed by atoms with van der Waals surface area (Å²) in [6, 6.07) is 22.1. The topological polar surface area (TPSA) is 73.2 Å². The molecular weight excluding hydrogens is 402 g/mol. The highest BCUT2D eigenvalue weighted by Gasteiger charge is 2.11. The summed E-state index contributed by atoms with van der Waals surface area (Å²) in [5.41, 5.74) is 2.20. The maximum absolute atomic E-state index is 12.4. The zero-order valence-electron chi connectivity index (χ0n) is 15.7. The van der Waals surface area contributed by atoms with E-state index in [2.05, 4.69) is 10.4 Å². The van der Waals surface area contributed by atoms with Crippen LogP contribution in [0.3, 0.4) is 0 Å². The zero-order valence-corrected chi connectivity index (χ0v) is 16.4. The molecule has 0 atom stereocenters. The second kappa shape index (κ2) is 8.63. The number of benzene rings is 3. The van der Waals surface area contributed by atoms with Crippen molar-refractivity contribution in [1.82, 2.24) is 9.78 Å². The molecular formula is C23H16ClN3O3. The minimum absolute atomic E-state index is 0.317. The van der Waals surface area contributed by atoms with Gasteiger partial charge in [0.1, 0.15) is 5.75 Å². The summed E-state index contributed by atoms with van der Waals surface area (Å²) in [6.45, 7) is 0. The van der Waals surface area contributed by atoms with Crippen LogP contribution in [0.15, 0.2) is 91.3 Å². The van der Waals surface area contributed by atoms with Crippen molar-refractivity contribution < 1.29 is 14.3 Å². The fraction of sp³-hybridized carbons (Fsp3) is 0. The van der Waals surface area contributed by atoms with Crippen molar-refractivity contribution in [1.29, 1.82) is 0 Å². The van der Waals surface area contributed by atoms with Crippen molar-refractivity contribution in [2.45, 2.75) is 0 Å². The van der Waals surface area contributed by atoms with Crippen LogP contribution in [0.1, 0.15) is 20.7 Å². The third-order valence-corrected chi connectivity index (χ3v) is 4.64. The number of hydrogen-bond acceptors (Lipinski definition) is 4. The van der Waals surface area contributed by atoms with Gasteiger partial charge < -0.3 is 10.1 Å². The molecule has 148 valence electrons. The maximum Gasteiger partial charge on any atom is 0.343 e. The Hall–Kier alpha value is -3.90. The summed E-state index contributed by atoms with van der Waals surface area (Å²) < 4.78 is 7.10. The molecule has 0 unspecified atom stereocenters. The predicted molar refractivity (Wildman–Crippen MR) is 114 cm³/mol. The minimum atomic E-state index is -0.477. The molecule has 0 aliphatic heterocycles. The fourth-order valence-corrected chi connectivity index (χ4v) is 3.01. The van der Waals surface area contributed by atoms with Crippen molar-refractivity contribution in [2.75, 3.05) is 5.32 Å². The van der Waals surface area contributed by atoms with E-state index in [4.69, 9.17) is 16.3 Å². The van der Waals surface area contributed by atoms with Crippen LogP contribution in [0.4, 0.5) is 5.69 Å². The molecule has 6 nitrogen and oxygen atoms in total. The number of aromatic nitrogens is 2. The molecule has 1 amide bonds. The summed E-state index contributed by atoms with van der Waals surface area (Å²) in [5.74, 6) is -0.427. The van der Waals surface area contributed by atoms with Crippen molar-refractivity contribution in [3.05, 3.63) is 107 Å². The van der Waals surface area contributed by atoms with E-state index in [1.165, 1.54) is 0 Å². The number of hydrogen-bond donors (Lipinski definition) is 1. The van der Waals surface area contributed by atoms with Gasteiger partial charge in [0.25, 0.3) is 5.91 Å². The Morgan fingerprint density at radius 2 is 1.63 bits per heavy atom. The van der Waals surface area contributed by atoms with Gasteiger partial charge in [0, 0.05) is 18.1 Å². The van der Waals surface area contributed by atoms with Crippen LogP contribution in [-0.2, 0) is 0 Å². The highest BCUT2D eigenvalue weighted by atomic mass is 35.5. The molecule has 1 heterocycles. The number of carbonyl (C=O) groups excluding carboxylic acids is 2. The first-order chi connectivity index (χ1) is 14.6. The SMILES string of the molecule is O=C(Oc1ccc(NC(=O)c2ccccc2Cl)cc1)c1ccc(-n2cccn2)cc1. The van der Waals surface area contributed by atoms with E-state index >= 15 is 0 Å². The molecule has 4 rings (SSSR count).